The van der Waals surface area contributed by atoms with Gasteiger partial charge in [-0.15, -0.1) is 11.3 Å². The van der Waals surface area contributed by atoms with Gasteiger partial charge in [-0.1, -0.05) is 0 Å². The Morgan fingerprint density at radius 3 is 2.90 bits per heavy atom. The standard InChI is InChI=1S/C13H20N4O2S/c1-5-19-7(2)6-15-12(18)11-10(14)9-8(3)16-17(4)13(9)20-11/h7H,5-6,14H2,1-4H3,(H,15,18). The lowest BCUT2D eigenvalue weighted by atomic mass is 10.2. The molecule has 0 fully saturated rings. The van der Waals surface area contributed by atoms with Crippen molar-refractivity contribution in [2.45, 2.75) is 26.9 Å². The minimum atomic E-state index is -0.158. The fourth-order valence-corrected chi connectivity index (χ4v) is 3.26. The molecule has 1 atom stereocenters. The molecule has 20 heavy (non-hydrogen) atoms. The van der Waals surface area contributed by atoms with E-state index in [1.807, 2.05) is 27.8 Å². The molecule has 2 heterocycles. The Morgan fingerprint density at radius 1 is 1.60 bits per heavy atom. The highest BCUT2D eigenvalue weighted by Crippen LogP contribution is 2.35. The number of rotatable bonds is 5. The van der Waals surface area contributed by atoms with Crippen LogP contribution in [0.5, 0.6) is 0 Å². The van der Waals surface area contributed by atoms with Crippen molar-refractivity contribution in [2.24, 2.45) is 7.05 Å². The zero-order chi connectivity index (χ0) is 14.9. The number of hydrogen-bond donors (Lipinski definition) is 2. The highest BCUT2D eigenvalue weighted by molar-refractivity contribution is 7.21. The van der Waals surface area contributed by atoms with E-state index < -0.39 is 0 Å². The van der Waals surface area contributed by atoms with Gasteiger partial charge in [-0.05, 0) is 20.8 Å². The Hall–Kier alpha value is -1.60. The number of aryl methyl sites for hydroxylation is 2. The van der Waals surface area contributed by atoms with Gasteiger partial charge in [-0.2, -0.15) is 5.10 Å². The summed E-state index contributed by atoms with van der Waals surface area (Å²) in [7, 11) is 1.85. The van der Waals surface area contributed by atoms with E-state index in [-0.39, 0.29) is 12.0 Å². The van der Waals surface area contributed by atoms with E-state index in [0.29, 0.717) is 23.7 Å². The van der Waals surface area contributed by atoms with Crippen molar-refractivity contribution in [3.8, 4) is 0 Å². The number of nitrogen functional groups attached to an aromatic ring is 1. The number of carbonyl (C=O) groups is 1. The summed E-state index contributed by atoms with van der Waals surface area (Å²) in [6.45, 7) is 6.85. The van der Waals surface area contributed by atoms with E-state index >= 15 is 0 Å². The summed E-state index contributed by atoms with van der Waals surface area (Å²) in [5.74, 6) is -0.158. The lowest BCUT2D eigenvalue weighted by Gasteiger charge is -2.12. The van der Waals surface area contributed by atoms with Crippen molar-refractivity contribution in [1.29, 1.82) is 0 Å². The Kier molecular flexibility index (Phi) is 4.29. The molecule has 0 saturated carbocycles. The van der Waals surface area contributed by atoms with Crippen LogP contribution < -0.4 is 11.1 Å². The Labute approximate surface area is 121 Å². The molecule has 7 heteroatoms. The van der Waals surface area contributed by atoms with Crippen molar-refractivity contribution < 1.29 is 9.53 Å². The summed E-state index contributed by atoms with van der Waals surface area (Å²) in [6.07, 6.45) is -0.0112. The van der Waals surface area contributed by atoms with Crippen LogP contribution in [-0.2, 0) is 11.8 Å². The molecule has 0 spiro atoms. The Bertz CT molecular complexity index is 632. The highest BCUT2D eigenvalue weighted by Gasteiger charge is 2.21. The second-order valence-corrected chi connectivity index (χ2v) is 5.71. The fraction of sp³-hybridized carbons (Fsp3) is 0.538. The zero-order valence-corrected chi connectivity index (χ0v) is 13.0. The number of nitrogens with zero attached hydrogens (tertiary/aromatic N) is 2. The molecule has 2 rings (SSSR count). The van der Waals surface area contributed by atoms with E-state index in [1.165, 1.54) is 11.3 Å². The first-order valence-corrected chi connectivity index (χ1v) is 7.38. The number of nitrogens with one attached hydrogen (secondary N) is 1. The second-order valence-electron chi connectivity index (χ2n) is 4.71. The van der Waals surface area contributed by atoms with Crippen molar-refractivity contribution in [2.75, 3.05) is 18.9 Å². The predicted octanol–water partition coefficient (Wildman–Crippen LogP) is 1.68. The molecule has 3 N–H and O–H groups in total. The first-order valence-electron chi connectivity index (χ1n) is 6.57. The van der Waals surface area contributed by atoms with E-state index in [9.17, 15) is 4.79 Å². The number of nitrogens with two attached hydrogens (primary N) is 1. The van der Waals surface area contributed by atoms with Crippen molar-refractivity contribution in [3.05, 3.63) is 10.6 Å². The second kappa shape index (κ2) is 5.80. The summed E-state index contributed by atoms with van der Waals surface area (Å²) in [4.78, 5) is 13.7. The first kappa shape index (κ1) is 14.8. The van der Waals surface area contributed by atoms with Crippen LogP contribution in [-0.4, -0.2) is 34.9 Å². The molecule has 0 aliphatic carbocycles. The molecule has 110 valence electrons. The summed E-state index contributed by atoms with van der Waals surface area (Å²) < 4.78 is 7.14. The van der Waals surface area contributed by atoms with E-state index in [1.54, 1.807) is 4.68 Å². The third-order valence-electron chi connectivity index (χ3n) is 3.09. The minimum absolute atomic E-state index is 0.0112. The maximum atomic E-state index is 12.2. The average Bonchev–Trinajstić information content (AvgIpc) is 2.87. The predicted molar refractivity (Wildman–Crippen MR) is 81.2 cm³/mol. The normalized spacial score (nSPS) is 12.8. The zero-order valence-electron chi connectivity index (χ0n) is 12.2. The summed E-state index contributed by atoms with van der Waals surface area (Å²) in [5, 5.41) is 8.03. The smallest absolute Gasteiger partial charge is 0.263 e. The topological polar surface area (TPSA) is 82.2 Å². The molecular weight excluding hydrogens is 276 g/mol. The monoisotopic (exact) mass is 296 g/mol. The van der Waals surface area contributed by atoms with Crippen LogP contribution in [0.4, 0.5) is 5.69 Å². The van der Waals surface area contributed by atoms with E-state index in [4.69, 9.17) is 10.5 Å². The van der Waals surface area contributed by atoms with Crippen LogP contribution >= 0.6 is 11.3 Å². The molecule has 1 amide bonds. The maximum absolute atomic E-state index is 12.2. The van der Waals surface area contributed by atoms with Gasteiger partial charge in [0.2, 0.25) is 0 Å². The first-order chi connectivity index (χ1) is 9.45. The number of carbonyl (C=O) groups excluding carboxylic acids is 1. The quantitative estimate of drug-likeness (QED) is 0.879. The Balaban J connectivity index is 2.18. The van der Waals surface area contributed by atoms with E-state index in [0.717, 1.165) is 15.9 Å². The maximum Gasteiger partial charge on any atom is 0.263 e. The molecule has 1 unspecified atom stereocenters. The molecule has 0 aliphatic rings. The van der Waals surface area contributed by atoms with Crippen LogP contribution in [0, 0.1) is 6.92 Å². The largest absolute Gasteiger partial charge is 0.397 e. The molecule has 6 nitrogen and oxygen atoms in total. The van der Waals surface area contributed by atoms with Crippen molar-refractivity contribution >= 4 is 33.1 Å². The molecule has 0 saturated heterocycles. The van der Waals surface area contributed by atoms with Crippen LogP contribution in [0.1, 0.15) is 29.2 Å². The molecule has 0 aliphatic heterocycles. The lowest BCUT2D eigenvalue weighted by Crippen LogP contribution is -2.32. The number of fused-ring (bicyclic) bond motifs is 1. The fourth-order valence-electron chi connectivity index (χ4n) is 2.16. The SMILES string of the molecule is CCOC(C)CNC(=O)c1sc2c(c(C)nn2C)c1N. The molecule has 2 aromatic rings. The lowest BCUT2D eigenvalue weighted by molar-refractivity contribution is 0.0697. The van der Waals surface area contributed by atoms with Gasteiger partial charge < -0.3 is 15.8 Å². The molecular formula is C13H20N4O2S. The van der Waals surface area contributed by atoms with Gasteiger partial charge in [0.05, 0.1) is 22.9 Å². The van der Waals surface area contributed by atoms with Crippen LogP contribution in [0.15, 0.2) is 0 Å². The average molecular weight is 296 g/mol. The third kappa shape index (κ3) is 2.64. The molecule has 2 aromatic heterocycles. The number of amides is 1. The number of ether oxygens (including phenoxy) is 1. The van der Waals surface area contributed by atoms with Gasteiger partial charge in [0.25, 0.3) is 5.91 Å². The van der Waals surface area contributed by atoms with E-state index in [2.05, 4.69) is 10.4 Å². The molecule has 0 bridgehead atoms. The van der Waals surface area contributed by atoms with Crippen molar-refractivity contribution in [1.82, 2.24) is 15.1 Å². The molecule has 0 radical (unpaired) electrons. The van der Waals surface area contributed by atoms with Gasteiger partial charge >= 0.3 is 0 Å². The van der Waals surface area contributed by atoms with Gasteiger partial charge in [-0.25, -0.2) is 0 Å². The van der Waals surface area contributed by atoms with Crippen LogP contribution in [0.3, 0.4) is 0 Å². The summed E-state index contributed by atoms with van der Waals surface area (Å²) in [6, 6.07) is 0. The number of hydrogen-bond acceptors (Lipinski definition) is 5. The molecule has 0 aromatic carbocycles. The van der Waals surface area contributed by atoms with Gasteiger partial charge in [0.1, 0.15) is 9.71 Å². The minimum Gasteiger partial charge on any atom is -0.397 e. The van der Waals surface area contributed by atoms with Gasteiger partial charge in [-0.3, -0.25) is 9.48 Å². The van der Waals surface area contributed by atoms with Gasteiger partial charge in [0.15, 0.2) is 0 Å². The highest BCUT2D eigenvalue weighted by atomic mass is 32.1. The third-order valence-corrected chi connectivity index (χ3v) is 4.36. The van der Waals surface area contributed by atoms with Gasteiger partial charge in [0, 0.05) is 20.2 Å². The Morgan fingerprint density at radius 2 is 2.30 bits per heavy atom. The summed E-state index contributed by atoms with van der Waals surface area (Å²) in [5.41, 5.74) is 7.44. The summed E-state index contributed by atoms with van der Waals surface area (Å²) >= 11 is 1.37. The van der Waals surface area contributed by atoms with Crippen LogP contribution in [0.2, 0.25) is 0 Å². The number of anilines is 1. The van der Waals surface area contributed by atoms with Crippen LogP contribution in [0.25, 0.3) is 10.2 Å². The number of thiophene rings is 1. The number of aromatic nitrogens is 2. The van der Waals surface area contributed by atoms with Crippen molar-refractivity contribution in [3.63, 3.8) is 0 Å².